The van der Waals surface area contributed by atoms with Gasteiger partial charge in [-0.15, -0.1) is 0 Å². The molecular formula is C62H42N4. The Bertz CT molecular complexity index is 3590. The van der Waals surface area contributed by atoms with Crippen molar-refractivity contribution in [1.29, 1.82) is 0 Å². The van der Waals surface area contributed by atoms with Gasteiger partial charge in [0.05, 0.1) is 12.1 Å². The summed E-state index contributed by atoms with van der Waals surface area (Å²) in [5, 5.41) is 6.12. The number of fused-ring (bicyclic) bond motifs is 5. The number of aliphatic imine (C=N–C) groups is 2. The molecule has 0 saturated heterocycles. The molecule has 0 spiro atoms. The standard InChI is InChI=1S/C62H42N4/c63-61(46-32-28-42(29-33-46)49-25-12-21-45-22-14-38-64-60(45)49)66-62(65-39-40-15-4-1-5-16-40)47-34-30-41(31-35-47)48-36-37-54-57-50(48)26-13-27-53(57)58-55(43-17-6-2-7-18-43)51-23-10-11-24-52(51)56(59(54)58)44-19-8-3-9-20-44/h1-38H,39H2,(H2,63,65,66). The van der Waals surface area contributed by atoms with Gasteiger partial charge < -0.3 is 5.73 Å². The molecule has 0 fully saturated rings. The molecule has 10 aromatic carbocycles. The van der Waals surface area contributed by atoms with Gasteiger partial charge in [-0.05, 0) is 94.4 Å². The minimum Gasteiger partial charge on any atom is -0.383 e. The van der Waals surface area contributed by atoms with E-state index in [4.69, 9.17) is 15.7 Å². The molecule has 0 atom stereocenters. The van der Waals surface area contributed by atoms with Crippen LogP contribution in [-0.2, 0) is 6.54 Å². The molecule has 12 rings (SSSR count). The second-order valence-corrected chi connectivity index (χ2v) is 16.8. The molecule has 66 heavy (non-hydrogen) atoms. The number of nitrogens with two attached hydrogens (primary N) is 1. The van der Waals surface area contributed by atoms with Crippen LogP contribution >= 0.6 is 0 Å². The third-order valence-electron chi connectivity index (χ3n) is 13.0. The Labute approximate surface area is 383 Å². The van der Waals surface area contributed by atoms with Crippen molar-refractivity contribution in [3.05, 3.63) is 247 Å². The topological polar surface area (TPSA) is 63.6 Å². The van der Waals surface area contributed by atoms with Gasteiger partial charge in [-0.25, -0.2) is 4.99 Å². The number of rotatable bonds is 8. The number of benzene rings is 10. The summed E-state index contributed by atoms with van der Waals surface area (Å²) in [6.45, 7) is 0.474. The molecule has 4 heteroatoms. The zero-order chi connectivity index (χ0) is 44.0. The maximum atomic E-state index is 6.82. The van der Waals surface area contributed by atoms with Gasteiger partial charge >= 0.3 is 0 Å². The molecule has 1 aliphatic carbocycles. The fourth-order valence-corrected chi connectivity index (χ4v) is 9.94. The van der Waals surface area contributed by atoms with E-state index in [9.17, 15) is 0 Å². The van der Waals surface area contributed by atoms with Crippen LogP contribution in [0.2, 0.25) is 0 Å². The highest BCUT2D eigenvalue weighted by Crippen LogP contribution is 2.58. The second kappa shape index (κ2) is 16.4. The van der Waals surface area contributed by atoms with Crippen LogP contribution in [0.1, 0.15) is 16.7 Å². The number of nitrogens with zero attached hydrogens (tertiary/aromatic N) is 3. The highest BCUT2D eigenvalue weighted by Gasteiger charge is 2.31. The largest absolute Gasteiger partial charge is 0.383 e. The first-order valence-electron chi connectivity index (χ1n) is 22.4. The van der Waals surface area contributed by atoms with Crippen LogP contribution in [0.3, 0.4) is 0 Å². The van der Waals surface area contributed by atoms with Crippen molar-refractivity contribution in [1.82, 2.24) is 4.98 Å². The lowest BCUT2D eigenvalue weighted by Gasteiger charge is -2.20. The number of amidine groups is 2. The molecule has 11 aromatic rings. The van der Waals surface area contributed by atoms with E-state index in [0.29, 0.717) is 18.2 Å². The maximum Gasteiger partial charge on any atom is 0.157 e. The quantitative estimate of drug-likeness (QED) is 0.122. The van der Waals surface area contributed by atoms with Gasteiger partial charge in [0.1, 0.15) is 5.84 Å². The summed E-state index contributed by atoms with van der Waals surface area (Å²) >= 11 is 0. The number of hydrogen-bond donors (Lipinski definition) is 1. The molecule has 2 N–H and O–H groups in total. The summed E-state index contributed by atoms with van der Waals surface area (Å²) in [6, 6.07) is 79.5. The van der Waals surface area contributed by atoms with Crippen LogP contribution in [0.15, 0.2) is 241 Å². The average molecular weight is 843 g/mol. The Balaban J connectivity index is 0.951. The third-order valence-corrected chi connectivity index (χ3v) is 13.0. The molecule has 1 aromatic heterocycles. The molecule has 0 radical (unpaired) electrons. The van der Waals surface area contributed by atoms with E-state index in [-0.39, 0.29) is 0 Å². The van der Waals surface area contributed by atoms with E-state index in [1.165, 1.54) is 71.6 Å². The highest BCUT2D eigenvalue weighted by molar-refractivity contribution is 6.29. The summed E-state index contributed by atoms with van der Waals surface area (Å²) in [5.74, 6) is 0.980. The van der Waals surface area contributed by atoms with Crippen LogP contribution in [0.4, 0.5) is 0 Å². The number of para-hydroxylation sites is 1. The van der Waals surface area contributed by atoms with Gasteiger partial charge in [0.15, 0.2) is 5.84 Å². The normalized spacial score (nSPS) is 12.2. The lowest BCUT2D eigenvalue weighted by molar-refractivity contribution is 1.06. The zero-order valence-electron chi connectivity index (χ0n) is 36.1. The van der Waals surface area contributed by atoms with E-state index in [2.05, 4.69) is 193 Å². The number of aromatic nitrogens is 1. The van der Waals surface area contributed by atoms with Crippen molar-refractivity contribution in [2.75, 3.05) is 0 Å². The minimum absolute atomic E-state index is 0.401. The Kier molecular flexibility index (Phi) is 9.69. The molecule has 0 amide bonds. The number of pyridine rings is 1. The van der Waals surface area contributed by atoms with Gasteiger partial charge in [0.2, 0.25) is 0 Å². The summed E-state index contributed by atoms with van der Waals surface area (Å²) < 4.78 is 0. The fourth-order valence-electron chi connectivity index (χ4n) is 9.94. The highest BCUT2D eigenvalue weighted by atomic mass is 15.0. The third kappa shape index (κ3) is 6.75. The minimum atomic E-state index is 0.401. The van der Waals surface area contributed by atoms with Crippen LogP contribution in [0.5, 0.6) is 0 Å². The second-order valence-electron chi connectivity index (χ2n) is 16.8. The van der Waals surface area contributed by atoms with E-state index in [0.717, 1.165) is 44.3 Å². The molecular weight excluding hydrogens is 801 g/mol. The summed E-state index contributed by atoms with van der Waals surface area (Å²) in [6.07, 6.45) is 1.84. The first-order chi connectivity index (χ1) is 32.7. The smallest absolute Gasteiger partial charge is 0.157 e. The SMILES string of the molecule is NC(=NC(=NCc1ccccc1)c1ccc(-c2ccc3c4c(cccc24)-c2c-3c(-c3ccccc3)c3ccccc3c2-c2ccccc2)cc1)c1ccc(-c2cccc3cccnc23)cc1. The van der Waals surface area contributed by atoms with Crippen LogP contribution < -0.4 is 5.73 Å². The molecule has 0 saturated carbocycles. The van der Waals surface area contributed by atoms with Gasteiger partial charge in [0.25, 0.3) is 0 Å². The van der Waals surface area contributed by atoms with E-state index in [1.54, 1.807) is 0 Å². The molecule has 1 aliphatic rings. The van der Waals surface area contributed by atoms with E-state index in [1.807, 2.05) is 42.6 Å². The first kappa shape index (κ1) is 38.9. The lowest BCUT2D eigenvalue weighted by atomic mass is 9.82. The van der Waals surface area contributed by atoms with Gasteiger partial charge in [0, 0.05) is 28.3 Å². The van der Waals surface area contributed by atoms with Crippen molar-refractivity contribution in [2.45, 2.75) is 6.54 Å². The monoisotopic (exact) mass is 842 g/mol. The predicted molar refractivity (Wildman–Crippen MR) is 277 cm³/mol. The van der Waals surface area contributed by atoms with Gasteiger partial charge in [-0.1, -0.05) is 218 Å². The molecule has 310 valence electrons. The Morgan fingerprint density at radius 3 is 1.58 bits per heavy atom. The van der Waals surface area contributed by atoms with Gasteiger partial charge in [-0.3, -0.25) is 9.98 Å². The van der Waals surface area contributed by atoms with Crippen molar-refractivity contribution < 1.29 is 0 Å². The summed E-state index contributed by atoms with van der Waals surface area (Å²) in [4.78, 5) is 14.7. The van der Waals surface area contributed by atoms with Crippen LogP contribution in [-0.4, -0.2) is 16.7 Å². The Morgan fingerprint density at radius 1 is 0.394 bits per heavy atom. The molecule has 0 aliphatic heterocycles. The molecule has 0 unspecified atom stereocenters. The predicted octanol–water partition coefficient (Wildman–Crippen LogP) is 15.2. The molecule has 1 heterocycles. The Morgan fingerprint density at radius 2 is 0.909 bits per heavy atom. The maximum absolute atomic E-state index is 6.82. The van der Waals surface area contributed by atoms with Crippen LogP contribution in [0.25, 0.3) is 99.2 Å². The Hall–Kier alpha value is -8.73. The number of hydrogen-bond acceptors (Lipinski definition) is 2. The molecule has 4 nitrogen and oxygen atoms in total. The van der Waals surface area contributed by atoms with Crippen molar-refractivity contribution in [3.63, 3.8) is 0 Å². The lowest BCUT2D eigenvalue weighted by Crippen LogP contribution is -2.16. The molecule has 0 bridgehead atoms. The average Bonchev–Trinajstić information content (AvgIpc) is 3.72. The van der Waals surface area contributed by atoms with E-state index >= 15 is 0 Å². The van der Waals surface area contributed by atoms with Crippen molar-refractivity contribution >= 4 is 44.1 Å². The zero-order valence-corrected chi connectivity index (χ0v) is 36.1. The van der Waals surface area contributed by atoms with Crippen LogP contribution in [0, 0.1) is 0 Å². The summed E-state index contributed by atoms with van der Waals surface area (Å²) in [5.41, 5.74) is 25.1. The van der Waals surface area contributed by atoms with Crippen molar-refractivity contribution in [3.8, 4) is 66.8 Å². The first-order valence-corrected chi connectivity index (χ1v) is 22.4. The van der Waals surface area contributed by atoms with E-state index < -0.39 is 0 Å². The summed E-state index contributed by atoms with van der Waals surface area (Å²) in [7, 11) is 0. The fraction of sp³-hybridized carbons (Fsp3) is 0.0161. The van der Waals surface area contributed by atoms with Crippen molar-refractivity contribution in [2.24, 2.45) is 15.7 Å². The van der Waals surface area contributed by atoms with Gasteiger partial charge in [-0.2, -0.15) is 0 Å².